The summed E-state index contributed by atoms with van der Waals surface area (Å²) >= 11 is 0. The molecule has 11 rings (SSSR count). The van der Waals surface area contributed by atoms with E-state index >= 15 is 0 Å². The average Bonchev–Trinajstić information content (AvgIpc) is 3.93. The van der Waals surface area contributed by atoms with E-state index in [9.17, 15) is 26.3 Å². The minimum absolute atomic E-state index is 0.0864. The van der Waals surface area contributed by atoms with Crippen molar-refractivity contribution < 1.29 is 35.8 Å². The SMILES string of the molecule is Cc1cccc(-c2nc3ccc(-c4ccc5nc(C)[nH]c5c4)cc3[nH]2)c1.FC(F)(F)C(c1ccc2c(c1)CN(c1ccccc1)CO2)(c1ccc2c(c1)CN(c1ccccc1)CO2)C(F)(F)F. The molecule has 2 aromatic heterocycles. The number of aryl methyl sites for hydroxylation is 2. The van der Waals surface area contributed by atoms with Crippen molar-refractivity contribution in [2.75, 3.05) is 23.3 Å². The molecule has 0 unspecified atom stereocenters. The first-order valence-electron chi connectivity index (χ1n) is 21.5. The predicted molar refractivity (Wildman–Crippen MR) is 248 cm³/mol. The number of aromatic amines is 2. The number of ether oxygens (including phenoxy) is 2. The second-order valence-electron chi connectivity index (χ2n) is 16.7. The molecule has 14 heteroatoms. The first kappa shape index (κ1) is 43.2. The Labute approximate surface area is 381 Å². The van der Waals surface area contributed by atoms with Crippen LogP contribution in [0.25, 0.3) is 44.6 Å². The van der Waals surface area contributed by atoms with Crippen LogP contribution in [0.4, 0.5) is 37.7 Å². The number of alkyl halides is 6. The molecule has 2 N–H and O–H groups in total. The highest BCUT2D eigenvalue weighted by Crippen LogP contribution is 2.57. The van der Waals surface area contributed by atoms with Gasteiger partial charge in [0.15, 0.2) is 13.5 Å². The lowest BCUT2D eigenvalue weighted by Crippen LogP contribution is -2.55. The number of halogens is 6. The van der Waals surface area contributed by atoms with Gasteiger partial charge in [-0.1, -0.05) is 84.4 Å². The molecule has 4 heterocycles. The van der Waals surface area contributed by atoms with Crippen LogP contribution >= 0.6 is 0 Å². The number of nitrogens with zero attached hydrogens (tertiary/aromatic N) is 4. The molecule has 0 amide bonds. The van der Waals surface area contributed by atoms with Crippen LogP contribution in [-0.4, -0.2) is 45.8 Å². The molecule has 0 radical (unpaired) electrons. The summed E-state index contributed by atoms with van der Waals surface area (Å²) in [5, 5.41) is 0. The Morgan fingerprint density at radius 1 is 0.493 bits per heavy atom. The molecule has 67 heavy (non-hydrogen) atoms. The number of H-pyrrole nitrogens is 2. The van der Waals surface area contributed by atoms with E-state index < -0.39 is 28.9 Å². The monoisotopic (exact) mass is 908 g/mol. The van der Waals surface area contributed by atoms with Gasteiger partial charge < -0.3 is 29.2 Å². The zero-order valence-electron chi connectivity index (χ0n) is 36.2. The lowest BCUT2D eigenvalue weighted by molar-refractivity contribution is -0.288. The number of aromatic nitrogens is 4. The number of fused-ring (bicyclic) bond motifs is 4. The number of hydrogen-bond acceptors (Lipinski definition) is 6. The minimum Gasteiger partial charge on any atom is -0.473 e. The highest BCUT2D eigenvalue weighted by Gasteiger charge is 2.72. The molecule has 0 spiro atoms. The number of anilines is 2. The molecule has 0 fully saturated rings. The number of benzene rings is 7. The van der Waals surface area contributed by atoms with Crippen molar-refractivity contribution in [3.8, 4) is 34.0 Å². The van der Waals surface area contributed by atoms with Crippen molar-refractivity contribution in [3.05, 3.63) is 191 Å². The quantitative estimate of drug-likeness (QED) is 0.162. The van der Waals surface area contributed by atoms with E-state index in [0.29, 0.717) is 0 Å². The van der Waals surface area contributed by atoms with Gasteiger partial charge in [-0.2, -0.15) is 26.3 Å². The van der Waals surface area contributed by atoms with Gasteiger partial charge in [-0.15, -0.1) is 0 Å². The van der Waals surface area contributed by atoms with Crippen LogP contribution in [0.15, 0.2) is 158 Å². The Hall–Kier alpha value is -7.74. The molecule has 0 saturated heterocycles. The highest BCUT2D eigenvalue weighted by molar-refractivity contribution is 5.87. The third-order valence-corrected chi connectivity index (χ3v) is 12.3. The smallest absolute Gasteiger partial charge is 0.411 e. The van der Waals surface area contributed by atoms with Gasteiger partial charge in [0, 0.05) is 41.2 Å². The molecule has 2 aliphatic heterocycles. The third-order valence-electron chi connectivity index (χ3n) is 12.3. The fourth-order valence-electron chi connectivity index (χ4n) is 8.98. The zero-order valence-corrected chi connectivity index (χ0v) is 36.2. The van der Waals surface area contributed by atoms with E-state index in [1.54, 1.807) is 58.3 Å². The van der Waals surface area contributed by atoms with Crippen molar-refractivity contribution in [1.82, 2.24) is 19.9 Å². The highest BCUT2D eigenvalue weighted by atomic mass is 19.4. The van der Waals surface area contributed by atoms with Gasteiger partial charge in [-0.3, -0.25) is 0 Å². The normalized spacial score (nSPS) is 13.9. The van der Waals surface area contributed by atoms with Gasteiger partial charge in [0.1, 0.15) is 23.1 Å². The van der Waals surface area contributed by atoms with Crippen LogP contribution in [0, 0.1) is 13.8 Å². The lowest BCUT2D eigenvalue weighted by Gasteiger charge is -2.40. The van der Waals surface area contributed by atoms with Gasteiger partial charge in [0.05, 0.1) is 22.1 Å². The fourth-order valence-corrected chi connectivity index (χ4v) is 8.98. The maximum Gasteiger partial charge on any atom is 0.411 e. The topological polar surface area (TPSA) is 82.3 Å². The Bertz CT molecular complexity index is 3120. The van der Waals surface area contributed by atoms with Crippen LogP contribution in [0.2, 0.25) is 0 Å². The van der Waals surface area contributed by atoms with E-state index in [0.717, 1.165) is 86.0 Å². The molecule has 0 saturated carbocycles. The molecule has 8 nitrogen and oxygen atoms in total. The van der Waals surface area contributed by atoms with Crippen LogP contribution in [-0.2, 0) is 18.5 Å². The number of para-hydroxylation sites is 2. The second-order valence-corrected chi connectivity index (χ2v) is 16.7. The van der Waals surface area contributed by atoms with Crippen molar-refractivity contribution in [2.24, 2.45) is 0 Å². The molecule has 7 aromatic carbocycles. The van der Waals surface area contributed by atoms with E-state index in [-0.39, 0.29) is 49.2 Å². The van der Waals surface area contributed by atoms with Crippen molar-refractivity contribution in [2.45, 2.75) is 44.7 Å². The number of imidazole rings is 2. The minimum atomic E-state index is -5.71. The van der Waals surface area contributed by atoms with Crippen molar-refractivity contribution in [3.63, 3.8) is 0 Å². The largest absolute Gasteiger partial charge is 0.473 e. The summed E-state index contributed by atoms with van der Waals surface area (Å²) in [5.74, 6) is 2.33. The Morgan fingerprint density at radius 2 is 1.00 bits per heavy atom. The third kappa shape index (κ3) is 8.17. The summed E-state index contributed by atoms with van der Waals surface area (Å²) in [6, 6.07) is 45.1. The van der Waals surface area contributed by atoms with Crippen LogP contribution < -0.4 is 19.3 Å². The summed E-state index contributed by atoms with van der Waals surface area (Å²) in [6.45, 7) is 4.47. The van der Waals surface area contributed by atoms with Crippen LogP contribution in [0.5, 0.6) is 11.5 Å². The number of hydrogen-bond donors (Lipinski definition) is 2. The van der Waals surface area contributed by atoms with Crippen LogP contribution in [0.1, 0.15) is 33.6 Å². The second kappa shape index (κ2) is 16.9. The lowest BCUT2D eigenvalue weighted by atomic mass is 9.72. The fraction of sp³-hybridized carbons (Fsp3) is 0.170. The van der Waals surface area contributed by atoms with Gasteiger partial charge in [-0.05, 0) is 115 Å². The zero-order chi connectivity index (χ0) is 46.5. The maximum absolute atomic E-state index is 15.0. The summed E-state index contributed by atoms with van der Waals surface area (Å²) in [7, 11) is 0. The Morgan fingerprint density at radius 3 is 1.51 bits per heavy atom. The molecule has 0 aliphatic carbocycles. The summed E-state index contributed by atoms with van der Waals surface area (Å²) in [6.07, 6.45) is -11.4. The van der Waals surface area contributed by atoms with E-state index in [1.807, 2.05) is 19.1 Å². The molecule has 0 bridgehead atoms. The van der Waals surface area contributed by atoms with Gasteiger partial charge in [0.2, 0.25) is 5.41 Å². The van der Waals surface area contributed by atoms with Gasteiger partial charge in [0.25, 0.3) is 0 Å². The predicted octanol–water partition coefficient (Wildman–Crippen LogP) is 13.2. The molecule has 0 atom stereocenters. The molecular formula is C53H42F6N6O2. The average molecular weight is 909 g/mol. The standard InChI is InChI=1S/C31H24F6N2O2.C22H18N4/c32-30(33,34)29(31(35,36)37,23-11-13-27-21(15-23)17-38(19-40-27)25-7-3-1-4-8-25)24-12-14-28-22(16-24)18-39(20-41-28)26-9-5-2-6-10-26;1-13-4-3-5-17(10-13)22-25-19-9-7-16(12-21(19)26-22)15-6-8-18-20(11-15)24-14(2)23-18/h1-16H,17-20H2;3-12H,1-2H3,(H,23,24)(H,25,26). The molecule has 9 aromatic rings. The van der Waals surface area contributed by atoms with Gasteiger partial charge in [-0.25, -0.2) is 9.97 Å². The Kier molecular flexibility index (Phi) is 10.9. The molecule has 338 valence electrons. The summed E-state index contributed by atoms with van der Waals surface area (Å²) in [4.78, 5) is 19.5. The maximum atomic E-state index is 15.0. The van der Waals surface area contributed by atoms with E-state index in [4.69, 9.17) is 14.5 Å². The summed E-state index contributed by atoms with van der Waals surface area (Å²) < 4.78 is 101. The van der Waals surface area contributed by atoms with Crippen LogP contribution in [0.3, 0.4) is 0 Å². The first-order valence-corrected chi connectivity index (χ1v) is 21.5. The molecule has 2 aliphatic rings. The molecular weight excluding hydrogens is 867 g/mol. The van der Waals surface area contributed by atoms with E-state index in [2.05, 4.69) is 82.5 Å². The first-order chi connectivity index (χ1) is 32.2. The number of rotatable bonds is 6. The summed E-state index contributed by atoms with van der Waals surface area (Å²) in [5.41, 5.74) is 4.53. The van der Waals surface area contributed by atoms with Crippen molar-refractivity contribution in [1.29, 1.82) is 0 Å². The van der Waals surface area contributed by atoms with Gasteiger partial charge >= 0.3 is 12.4 Å². The Balaban J connectivity index is 0.000000173. The van der Waals surface area contributed by atoms with Crippen molar-refractivity contribution >= 4 is 33.4 Å². The number of nitrogens with one attached hydrogen (secondary N) is 2. The van der Waals surface area contributed by atoms with E-state index in [1.165, 1.54) is 17.7 Å².